The molecule has 0 bridgehead atoms. The van der Waals surface area contributed by atoms with Crippen LogP contribution in [0, 0.1) is 17.0 Å². The van der Waals surface area contributed by atoms with E-state index in [1.807, 2.05) is 0 Å². The molecule has 0 spiro atoms. The molecule has 0 saturated heterocycles. The van der Waals surface area contributed by atoms with Gasteiger partial charge in [0.15, 0.2) is 0 Å². The third-order valence-corrected chi connectivity index (χ3v) is 1.96. The minimum absolute atomic E-state index is 0.0274. The van der Waals surface area contributed by atoms with Crippen molar-refractivity contribution in [1.29, 1.82) is 0 Å². The molecule has 0 saturated carbocycles. The summed E-state index contributed by atoms with van der Waals surface area (Å²) < 4.78 is 0. The highest BCUT2D eigenvalue weighted by Crippen LogP contribution is 2.18. The Balaban J connectivity index is 2.66. The molecule has 0 aliphatic heterocycles. The van der Waals surface area contributed by atoms with Gasteiger partial charge in [0.1, 0.15) is 12.0 Å². The number of carbonyl (C=O) groups is 1. The zero-order chi connectivity index (χ0) is 12.1. The summed E-state index contributed by atoms with van der Waals surface area (Å²) in [5.41, 5.74) is 5.45. The second-order valence-corrected chi connectivity index (χ2v) is 3.26. The number of aromatic nitrogens is 1. The fraction of sp³-hybridized carbons (Fsp3) is 0.333. The monoisotopic (exact) mass is 224 g/mol. The van der Waals surface area contributed by atoms with Gasteiger partial charge in [-0.2, -0.15) is 0 Å². The van der Waals surface area contributed by atoms with Crippen LogP contribution >= 0.6 is 0 Å². The van der Waals surface area contributed by atoms with Gasteiger partial charge in [0, 0.05) is 18.5 Å². The Labute approximate surface area is 91.8 Å². The van der Waals surface area contributed by atoms with Crippen LogP contribution in [-0.2, 0) is 4.79 Å². The number of nitrogens with zero attached hydrogens (tertiary/aromatic N) is 2. The van der Waals surface area contributed by atoms with E-state index in [1.54, 1.807) is 13.0 Å². The lowest BCUT2D eigenvalue weighted by Crippen LogP contribution is -2.16. The largest absolute Gasteiger partial charge is 0.370 e. The van der Waals surface area contributed by atoms with Gasteiger partial charge in [-0.3, -0.25) is 14.9 Å². The van der Waals surface area contributed by atoms with Crippen LogP contribution in [0.1, 0.15) is 12.0 Å². The van der Waals surface area contributed by atoms with Crippen molar-refractivity contribution in [2.24, 2.45) is 5.73 Å². The van der Waals surface area contributed by atoms with Crippen molar-refractivity contribution in [3.63, 3.8) is 0 Å². The smallest absolute Gasteiger partial charge is 0.290 e. The molecule has 86 valence electrons. The van der Waals surface area contributed by atoms with Crippen molar-refractivity contribution in [1.82, 2.24) is 4.98 Å². The topological polar surface area (TPSA) is 111 Å². The lowest BCUT2D eigenvalue weighted by atomic mass is 10.2. The number of pyridine rings is 1. The standard InChI is InChI=1S/C9H12N4O3/c1-6-4-9(11-3-2-8(10)14)12-5-7(6)13(15)16/h4-5H,2-3H2,1H3,(H2,10,14)(H,11,12). The van der Waals surface area contributed by atoms with E-state index in [-0.39, 0.29) is 12.1 Å². The van der Waals surface area contributed by atoms with Crippen molar-refractivity contribution in [2.45, 2.75) is 13.3 Å². The van der Waals surface area contributed by atoms with Gasteiger partial charge in [0.25, 0.3) is 5.69 Å². The Morgan fingerprint density at radius 1 is 1.69 bits per heavy atom. The fourth-order valence-corrected chi connectivity index (χ4v) is 1.15. The highest BCUT2D eigenvalue weighted by molar-refractivity contribution is 5.74. The molecule has 1 aromatic rings. The molecule has 0 aliphatic rings. The molecule has 0 aliphatic carbocycles. The number of aryl methyl sites for hydroxylation is 1. The summed E-state index contributed by atoms with van der Waals surface area (Å²) in [5, 5.41) is 13.4. The zero-order valence-electron chi connectivity index (χ0n) is 8.77. The average molecular weight is 224 g/mol. The Hall–Kier alpha value is -2.18. The van der Waals surface area contributed by atoms with Crippen LogP contribution in [0.3, 0.4) is 0 Å². The van der Waals surface area contributed by atoms with Crippen molar-refractivity contribution < 1.29 is 9.72 Å². The van der Waals surface area contributed by atoms with E-state index in [0.717, 1.165) is 0 Å². The zero-order valence-corrected chi connectivity index (χ0v) is 8.77. The second kappa shape index (κ2) is 5.06. The molecule has 1 aromatic heterocycles. The van der Waals surface area contributed by atoms with Crippen LogP contribution < -0.4 is 11.1 Å². The summed E-state index contributed by atoms with van der Waals surface area (Å²) in [7, 11) is 0. The lowest BCUT2D eigenvalue weighted by molar-refractivity contribution is -0.385. The van der Waals surface area contributed by atoms with Gasteiger partial charge in [0.05, 0.1) is 4.92 Å². The molecule has 7 heteroatoms. The molecule has 0 aromatic carbocycles. The van der Waals surface area contributed by atoms with Gasteiger partial charge in [-0.25, -0.2) is 4.98 Å². The number of nitrogens with one attached hydrogen (secondary N) is 1. The number of rotatable bonds is 5. The van der Waals surface area contributed by atoms with Crippen LogP contribution in [0.4, 0.5) is 11.5 Å². The van der Waals surface area contributed by atoms with Gasteiger partial charge in [-0.05, 0) is 13.0 Å². The van der Waals surface area contributed by atoms with E-state index in [1.165, 1.54) is 6.20 Å². The van der Waals surface area contributed by atoms with Gasteiger partial charge >= 0.3 is 0 Å². The van der Waals surface area contributed by atoms with Gasteiger partial charge < -0.3 is 11.1 Å². The second-order valence-electron chi connectivity index (χ2n) is 3.26. The van der Waals surface area contributed by atoms with Crippen LogP contribution in [0.25, 0.3) is 0 Å². The minimum Gasteiger partial charge on any atom is -0.370 e. The van der Waals surface area contributed by atoms with Gasteiger partial charge in [-0.1, -0.05) is 0 Å². The maximum Gasteiger partial charge on any atom is 0.290 e. The van der Waals surface area contributed by atoms with Crippen molar-refractivity contribution >= 4 is 17.4 Å². The predicted molar refractivity (Wildman–Crippen MR) is 57.9 cm³/mol. The number of nitro groups is 1. The number of amides is 1. The third-order valence-electron chi connectivity index (χ3n) is 1.96. The molecule has 1 amide bonds. The number of hydrogen-bond donors (Lipinski definition) is 2. The Morgan fingerprint density at radius 2 is 2.38 bits per heavy atom. The first-order valence-corrected chi connectivity index (χ1v) is 4.64. The Kier molecular flexibility index (Phi) is 3.76. The summed E-state index contributed by atoms with van der Waals surface area (Å²) in [6.07, 6.45) is 1.37. The molecular weight excluding hydrogens is 212 g/mol. The molecule has 0 atom stereocenters. The van der Waals surface area contributed by atoms with Gasteiger partial charge in [-0.15, -0.1) is 0 Å². The Bertz CT molecular complexity index is 419. The number of carbonyl (C=O) groups excluding carboxylic acids is 1. The van der Waals surface area contributed by atoms with Crippen molar-refractivity contribution in [2.75, 3.05) is 11.9 Å². The number of anilines is 1. The maximum atomic E-state index is 10.5. The third kappa shape index (κ3) is 3.19. The quantitative estimate of drug-likeness (QED) is 0.561. The molecular formula is C9H12N4O3. The molecule has 1 rings (SSSR count). The minimum atomic E-state index is -0.491. The maximum absolute atomic E-state index is 10.5. The van der Waals surface area contributed by atoms with E-state index in [4.69, 9.17) is 5.73 Å². The molecule has 3 N–H and O–H groups in total. The average Bonchev–Trinajstić information content (AvgIpc) is 2.16. The van der Waals surface area contributed by atoms with Gasteiger partial charge in [0.2, 0.25) is 5.91 Å². The number of nitrogens with two attached hydrogens (primary N) is 1. The van der Waals surface area contributed by atoms with E-state index in [9.17, 15) is 14.9 Å². The van der Waals surface area contributed by atoms with E-state index in [2.05, 4.69) is 10.3 Å². The summed E-state index contributed by atoms with van der Waals surface area (Å²) in [6.45, 7) is 1.98. The highest BCUT2D eigenvalue weighted by Gasteiger charge is 2.10. The van der Waals surface area contributed by atoms with Crippen LogP contribution in [0.2, 0.25) is 0 Å². The van der Waals surface area contributed by atoms with Crippen LogP contribution in [-0.4, -0.2) is 22.4 Å². The van der Waals surface area contributed by atoms with E-state index < -0.39 is 10.8 Å². The molecule has 0 unspecified atom stereocenters. The lowest BCUT2D eigenvalue weighted by Gasteiger charge is -2.04. The Morgan fingerprint density at radius 3 is 2.88 bits per heavy atom. The molecule has 0 radical (unpaired) electrons. The molecule has 1 heterocycles. The highest BCUT2D eigenvalue weighted by atomic mass is 16.6. The number of hydrogen-bond acceptors (Lipinski definition) is 5. The summed E-state index contributed by atoms with van der Waals surface area (Å²) >= 11 is 0. The van der Waals surface area contributed by atoms with E-state index >= 15 is 0 Å². The van der Waals surface area contributed by atoms with Crippen LogP contribution in [0.15, 0.2) is 12.3 Å². The molecule has 0 fully saturated rings. The van der Waals surface area contributed by atoms with E-state index in [0.29, 0.717) is 17.9 Å². The molecule has 16 heavy (non-hydrogen) atoms. The number of primary amides is 1. The summed E-state index contributed by atoms with van der Waals surface area (Å²) in [5.74, 6) is 0.0792. The first-order chi connectivity index (χ1) is 7.50. The fourth-order valence-electron chi connectivity index (χ4n) is 1.15. The summed E-state index contributed by atoms with van der Waals surface area (Å²) in [4.78, 5) is 24.4. The molecule has 7 nitrogen and oxygen atoms in total. The van der Waals surface area contributed by atoms with Crippen molar-refractivity contribution in [3.05, 3.63) is 27.9 Å². The SMILES string of the molecule is Cc1cc(NCCC(N)=O)ncc1[N+](=O)[O-]. The normalized spacial score (nSPS) is 9.81. The first-order valence-electron chi connectivity index (χ1n) is 4.64. The summed E-state index contributed by atoms with van der Waals surface area (Å²) in [6, 6.07) is 1.55. The first kappa shape index (κ1) is 11.9. The predicted octanol–water partition coefficient (Wildman–Crippen LogP) is 0.586. The van der Waals surface area contributed by atoms with Crippen molar-refractivity contribution in [3.8, 4) is 0 Å². The van der Waals surface area contributed by atoms with Crippen LogP contribution in [0.5, 0.6) is 0 Å².